The predicted octanol–water partition coefficient (Wildman–Crippen LogP) is 4.29. The van der Waals surface area contributed by atoms with Crippen molar-refractivity contribution in [1.82, 2.24) is 5.32 Å². The van der Waals surface area contributed by atoms with Gasteiger partial charge in [-0.15, -0.1) is 0 Å². The first-order chi connectivity index (χ1) is 11.2. The molecule has 0 amide bonds. The van der Waals surface area contributed by atoms with Gasteiger partial charge in [-0.05, 0) is 74.6 Å². The molecule has 3 atom stereocenters. The molecule has 2 bridgehead atoms. The summed E-state index contributed by atoms with van der Waals surface area (Å²) in [5.41, 5.74) is 0. The zero-order valence-corrected chi connectivity index (χ0v) is 13.9. The van der Waals surface area contributed by atoms with E-state index in [0.29, 0.717) is 18.2 Å². The average molecular weight is 311 g/mol. The molecule has 3 heteroatoms. The number of fused-ring (bicyclic) bond motifs is 3. The number of hydrogen-bond donors (Lipinski definition) is 1. The van der Waals surface area contributed by atoms with Gasteiger partial charge >= 0.3 is 0 Å². The van der Waals surface area contributed by atoms with Crippen molar-refractivity contribution in [2.45, 2.75) is 63.8 Å². The molecule has 2 heterocycles. The Morgan fingerprint density at radius 3 is 2.17 bits per heavy atom. The summed E-state index contributed by atoms with van der Waals surface area (Å²) in [5.74, 6) is 1.91. The van der Waals surface area contributed by atoms with Gasteiger partial charge in [0.25, 0.3) is 0 Å². The van der Waals surface area contributed by atoms with Crippen molar-refractivity contribution in [3.63, 3.8) is 0 Å². The monoisotopic (exact) mass is 311 g/mol. The molecule has 23 heavy (non-hydrogen) atoms. The predicted molar refractivity (Wildman–Crippen MR) is 93.3 cm³/mol. The lowest BCUT2D eigenvalue weighted by atomic mass is 10.0. The van der Waals surface area contributed by atoms with Gasteiger partial charge in [0.15, 0.2) is 0 Å². The summed E-state index contributed by atoms with van der Waals surface area (Å²) in [5, 5.41) is 6.06. The number of rotatable bonds is 4. The Morgan fingerprint density at radius 2 is 1.52 bits per heavy atom. The van der Waals surface area contributed by atoms with Crippen LogP contribution in [-0.4, -0.2) is 24.3 Å². The summed E-state index contributed by atoms with van der Waals surface area (Å²) in [6, 6.07) is 14.0. The zero-order valence-electron chi connectivity index (χ0n) is 13.9. The summed E-state index contributed by atoms with van der Waals surface area (Å²) >= 11 is 0. The molecular weight excluding hydrogens is 286 g/mol. The minimum atomic E-state index is 0.199. The Labute approximate surface area is 138 Å². The van der Waals surface area contributed by atoms with Crippen LogP contribution in [0.4, 0.5) is 0 Å². The Balaban J connectivity index is 1.50. The van der Waals surface area contributed by atoms with Crippen molar-refractivity contribution in [2.75, 3.05) is 0 Å². The van der Waals surface area contributed by atoms with E-state index in [4.69, 9.17) is 9.47 Å². The van der Waals surface area contributed by atoms with Gasteiger partial charge in [-0.2, -0.15) is 0 Å². The van der Waals surface area contributed by atoms with Crippen LogP contribution in [0.2, 0.25) is 0 Å². The zero-order chi connectivity index (χ0) is 15.8. The molecule has 122 valence electrons. The van der Waals surface area contributed by atoms with Crippen molar-refractivity contribution >= 4 is 10.8 Å². The second-order valence-electron chi connectivity index (χ2n) is 7.19. The second-order valence-corrected chi connectivity index (χ2v) is 7.19. The SMILES string of the molecule is CC(C)Oc1ccc2cc(OC3C[C@H]4CC[C@@H](C3)N4)ccc2c1. The number of piperidine rings is 1. The molecular formula is C20H25NO2. The lowest BCUT2D eigenvalue weighted by Gasteiger charge is -2.29. The average Bonchev–Trinajstić information content (AvgIpc) is 2.86. The Kier molecular flexibility index (Phi) is 3.90. The van der Waals surface area contributed by atoms with Gasteiger partial charge in [0.2, 0.25) is 0 Å². The van der Waals surface area contributed by atoms with Crippen LogP contribution >= 0.6 is 0 Å². The van der Waals surface area contributed by atoms with E-state index in [1.54, 1.807) is 0 Å². The highest BCUT2D eigenvalue weighted by Gasteiger charge is 2.34. The van der Waals surface area contributed by atoms with Gasteiger partial charge in [-0.25, -0.2) is 0 Å². The molecule has 0 aromatic heterocycles. The number of ether oxygens (including phenoxy) is 2. The van der Waals surface area contributed by atoms with E-state index in [-0.39, 0.29) is 6.10 Å². The van der Waals surface area contributed by atoms with E-state index in [1.165, 1.54) is 23.6 Å². The van der Waals surface area contributed by atoms with Gasteiger partial charge in [0, 0.05) is 12.1 Å². The van der Waals surface area contributed by atoms with E-state index in [1.807, 2.05) is 19.9 Å². The van der Waals surface area contributed by atoms with Gasteiger partial charge < -0.3 is 14.8 Å². The maximum absolute atomic E-state index is 6.27. The minimum Gasteiger partial charge on any atom is -0.491 e. The molecule has 2 saturated heterocycles. The van der Waals surface area contributed by atoms with E-state index in [9.17, 15) is 0 Å². The van der Waals surface area contributed by atoms with Gasteiger partial charge in [-0.1, -0.05) is 12.1 Å². The van der Waals surface area contributed by atoms with Crippen LogP contribution in [0.25, 0.3) is 10.8 Å². The lowest BCUT2D eigenvalue weighted by molar-refractivity contribution is 0.137. The Bertz CT molecular complexity index is 685. The van der Waals surface area contributed by atoms with Crippen molar-refractivity contribution < 1.29 is 9.47 Å². The highest BCUT2D eigenvalue weighted by atomic mass is 16.5. The summed E-state index contributed by atoms with van der Waals surface area (Å²) in [4.78, 5) is 0. The minimum absolute atomic E-state index is 0.199. The maximum Gasteiger partial charge on any atom is 0.120 e. The largest absolute Gasteiger partial charge is 0.491 e. The van der Waals surface area contributed by atoms with E-state index >= 15 is 0 Å². The third-order valence-electron chi connectivity index (χ3n) is 4.89. The van der Waals surface area contributed by atoms with Crippen LogP contribution in [-0.2, 0) is 0 Å². The lowest BCUT2D eigenvalue weighted by Crippen LogP contribution is -2.42. The molecule has 1 N–H and O–H groups in total. The highest BCUT2D eigenvalue weighted by molar-refractivity contribution is 5.85. The third-order valence-corrected chi connectivity index (χ3v) is 4.89. The summed E-state index contributed by atoms with van der Waals surface area (Å²) in [6.07, 6.45) is 5.44. The summed E-state index contributed by atoms with van der Waals surface area (Å²) in [6.45, 7) is 4.10. The van der Waals surface area contributed by atoms with E-state index in [0.717, 1.165) is 24.3 Å². The maximum atomic E-state index is 6.27. The number of benzene rings is 2. The van der Waals surface area contributed by atoms with E-state index in [2.05, 4.69) is 35.6 Å². The Morgan fingerprint density at radius 1 is 0.913 bits per heavy atom. The van der Waals surface area contributed by atoms with Crippen molar-refractivity contribution in [3.05, 3.63) is 36.4 Å². The smallest absolute Gasteiger partial charge is 0.120 e. The standard InChI is InChI=1S/C20H25NO2/c1-13(2)22-18-7-3-15-10-19(8-4-14(15)9-18)23-20-11-16-5-6-17(12-20)21-16/h3-4,7-10,13,16-17,20-21H,5-6,11-12H2,1-2H3/t16-,17+,20?. The van der Waals surface area contributed by atoms with Crippen LogP contribution in [0.3, 0.4) is 0 Å². The molecule has 2 aromatic carbocycles. The van der Waals surface area contributed by atoms with Crippen molar-refractivity contribution in [1.29, 1.82) is 0 Å². The topological polar surface area (TPSA) is 30.5 Å². The summed E-state index contributed by atoms with van der Waals surface area (Å²) < 4.78 is 12.0. The molecule has 2 aliphatic heterocycles. The van der Waals surface area contributed by atoms with Crippen LogP contribution in [0, 0.1) is 0 Å². The molecule has 2 fully saturated rings. The fourth-order valence-corrected chi connectivity index (χ4v) is 3.91. The molecule has 0 saturated carbocycles. The van der Waals surface area contributed by atoms with Crippen molar-refractivity contribution in [3.8, 4) is 11.5 Å². The fraction of sp³-hybridized carbons (Fsp3) is 0.500. The van der Waals surface area contributed by atoms with Crippen LogP contribution in [0.1, 0.15) is 39.5 Å². The first-order valence-corrected chi connectivity index (χ1v) is 8.79. The highest BCUT2D eigenvalue weighted by Crippen LogP contribution is 2.31. The summed E-state index contributed by atoms with van der Waals surface area (Å²) in [7, 11) is 0. The first kappa shape index (κ1) is 14.8. The normalized spacial score (nSPS) is 26.7. The van der Waals surface area contributed by atoms with E-state index < -0.39 is 0 Å². The molecule has 4 rings (SSSR count). The van der Waals surface area contributed by atoms with Gasteiger partial charge in [0.05, 0.1) is 6.10 Å². The molecule has 1 unspecified atom stereocenters. The number of nitrogens with one attached hydrogen (secondary N) is 1. The molecule has 2 aliphatic rings. The van der Waals surface area contributed by atoms with Gasteiger partial charge in [-0.3, -0.25) is 0 Å². The van der Waals surface area contributed by atoms with Gasteiger partial charge in [0.1, 0.15) is 17.6 Å². The molecule has 0 radical (unpaired) electrons. The van der Waals surface area contributed by atoms with Crippen LogP contribution in [0.5, 0.6) is 11.5 Å². The second kappa shape index (κ2) is 6.04. The quantitative estimate of drug-likeness (QED) is 0.913. The first-order valence-electron chi connectivity index (χ1n) is 8.79. The Hall–Kier alpha value is -1.74. The number of hydrogen-bond acceptors (Lipinski definition) is 3. The van der Waals surface area contributed by atoms with Crippen LogP contribution in [0.15, 0.2) is 36.4 Å². The van der Waals surface area contributed by atoms with Crippen LogP contribution < -0.4 is 14.8 Å². The van der Waals surface area contributed by atoms with Crippen molar-refractivity contribution in [2.24, 2.45) is 0 Å². The molecule has 3 nitrogen and oxygen atoms in total. The molecule has 2 aromatic rings. The molecule has 0 spiro atoms. The molecule has 0 aliphatic carbocycles. The third kappa shape index (κ3) is 3.30. The fourth-order valence-electron chi connectivity index (χ4n) is 3.91.